The highest BCUT2D eigenvalue weighted by atomic mass is 19.3. The molecule has 1 rings (SSSR count). The third-order valence-electron chi connectivity index (χ3n) is 2.47. The molecule has 1 fully saturated rings. The van der Waals surface area contributed by atoms with Crippen molar-refractivity contribution in [3.63, 3.8) is 0 Å². The summed E-state index contributed by atoms with van der Waals surface area (Å²) in [5.74, 6) is -0.707. The molecule has 0 radical (unpaired) electrons. The third-order valence-corrected chi connectivity index (χ3v) is 2.47. The molecular formula is C11H19F2NO2. The Hall–Kier alpha value is -0.870. The summed E-state index contributed by atoms with van der Waals surface area (Å²) in [6, 6.07) is 0. The number of ether oxygens (including phenoxy) is 1. The molecule has 5 heteroatoms. The number of alkyl halides is 2. The molecule has 3 nitrogen and oxygen atoms in total. The minimum Gasteiger partial charge on any atom is -0.444 e. The molecule has 1 amide bonds. The number of halogens is 2. The number of carbonyl (C=O) groups is 1. The van der Waals surface area contributed by atoms with Crippen LogP contribution in [0.3, 0.4) is 0 Å². The van der Waals surface area contributed by atoms with Crippen molar-refractivity contribution in [2.75, 3.05) is 13.1 Å². The average molecular weight is 235 g/mol. The zero-order chi connectivity index (χ0) is 12.3. The molecule has 94 valence electrons. The normalized spacial score (nSPS) is 22.4. The van der Waals surface area contributed by atoms with Crippen LogP contribution in [0.4, 0.5) is 13.6 Å². The van der Waals surface area contributed by atoms with Gasteiger partial charge in [-0.15, -0.1) is 0 Å². The van der Waals surface area contributed by atoms with Gasteiger partial charge in [-0.05, 0) is 33.6 Å². The number of hydrogen-bond donors (Lipinski definition) is 0. The minimum atomic E-state index is -2.36. The van der Waals surface area contributed by atoms with Crippen LogP contribution in [0.5, 0.6) is 0 Å². The smallest absolute Gasteiger partial charge is 0.410 e. The van der Waals surface area contributed by atoms with Crippen LogP contribution in [0.25, 0.3) is 0 Å². The molecule has 1 unspecified atom stereocenters. The van der Waals surface area contributed by atoms with E-state index in [9.17, 15) is 13.6 Å². The lowest BCUT2D eigenvalue weighted by Gasteiger charge is -2.33. The third kappa shape index (κ3) is 3.94. The van der Waals surface area contributed by atoms with Gasteiger partial charge in [-0.25, -0.2) is 13.6 Å². The van der Waals surface area contributed by atoms with E-state index in [-0.39, 0.29) is 6.54 Å². The van der Waals surface area contributed by atoms with E-state index >= 15 is 0 Å². The van der Waals surface area contributed by atoms with Crippen molar-refractivity contribution in [1.29, 1.82) is 0 Å². The van der Waals surface area contributed by atoms with E-state index in [0.717, 1.165) is 0 Å². The summed E-state index contributed by atoms with van der Waals surface area (Å²) in [4.78, 5) is 13.0. The standard InChI is InChI=1S/C11H19F2NO2/c1-11(2,3)16-10(15)14-6-4-5-8(7-14)9(12)13/h8-9H,4-7H2,1-3H3. The topological polar surface area (TPSA) is 29.5 Å². The molecule has 0 aliphatic carbocycles. The molecule has 0 aromatic heterocycles. The minimum absolute atomic E-state index is 0.104. The largest absolute Gasteiger partial charge is 0.444 e. The summed E-state index contributed by atoms with van der Waals surface area (Å²) in [7, 11) is 0. The summed E-state index contributed by atoms with van der Waals surface area (Å²) in [5.41, 5.74) is -0.575. The van der Waals surface area contributed by atoms with Crippen LogP contribution in [0, 0.1) is 5.92 Å². The number of likely N-dealkylation sites (tertiary alicyclic amines) is 1. The highest BCUT2D eigenvalue weighted by Crippen LogP contribution is 2.23. The fourth-order valence-electron chi connectivity index (χ4n) is 1.71. The maximum atomic E-state index is 12.5. The second-order valence-electron chi connectivity index (χ2n) is 5.16. The molecule has 0 aromatic rings. The first-order valence-electron chi connectivity index (χ1n) is 5.55. The van der Waals surface area contributed by atoms with Crippen molar-refractivity contribution in [3.05, 3.63) is 0 Å². The van der Waals surface area contributed by atoms with E-state index < -0.39 is 24.0 Å². The van der Waals surface area contributed by atoms with Crippen LogP contribution in [0.1, 0.15) is 33.6 Å². The van der Waals surface area contributed by atoms with Crippen LogP contribution < -0.4 is 0 Å². The summed E-state index contributed by atoms with van der Waals surface area (Å²) in [6.07, 6.45) is -1.74. The van der Waals surface area contributed by atoms with Gasteiger partial charge in [0, 0.05) is 19.0 Å². The lowest BCUT2D eigenvalue weighted by atomic mass is 9.99. The van der Waals surface area contributed by atoms with Crippen LogP contribution in [-0.2, 0) is 4.74 Å². The summed E-state index contributed by atoms with van der Waals surface area (Å²) in [6.45, 7) is 5.91. The first kappa shape index (κ1) is 13.2. The molecule has 0 bridgehead atoms. The van der Waals surface area contributed by atoms with Crippen molar-refractivity contribution in [2.45, 2.75) is 45.6 Å². The quantitative estimate of drug-likeness (QED) is 0.699. The first-order chi connectivity index (χ1) is 7.29. The van der Waals surface area contributed by atoms with Gasteiger partial charge in [0.15, 0.2) is 0 Å². The molecule has 0 spiro atoms. The second-order valence-corrected chi connectivity index (χ2v) is 5.16. The Labute approximate surface area is 94.7 Å². The van der Waals surface area contributed by atoms with Crippen LogP contribution in [-0.4, -0.2) is 36.1 Å². The molecule has 1 atom stereocenters. The predicted molar refractivity (Wildman–Crippen MR) is 56.5 cm³/mol. The van der Waals surface area contributed by atoms with Gasteiger partial charge in [-0.2, -0.15) is 0 Å². The van der Waals surface area contributed by atoms with Crippen LogP contribution in [0.2, 0.25) is 0 Å². The van der Waals surface area contributed by atoms with Gasteiger partial charge in [-0.1, -0.05) is 0 Å². The maximum Gasteiger partial charge on any atom is 0.410 e. The maximum absolute atomic E-state index is 12.5. The van der Waals surface area contributed by atoms with Gasteiger partial charge in [0.05, 0.1) is 0 Å². The Morgan fingerprint density at radius 1 is 1.44 bits per heavy atom. The zero-order valence-electron chi connectivity index (χ0n) is 10.0. The molecule has 0 aromatic carbocycles. The number of amides is 1. The molecule has 1 heterocycles. The molecular weight excluding hydrogens is 216 g/mol. The Morgan fingerprint density at radius 2 is 2.06 bits per heavy atom. The van der Waals surface area contributed by atoms with Gasteiger partial charge >= 0.3 is 6.09 Å². The van der Waals surface area contributed by atoms with Crippen LogP contribution in [0.15, 0.2) is 0 Å². The Morgan fingerprint density at radius 3 is 2.56 bits per heavy atom. The molecule has 16 heavy (non-hydrogen) atoms. The van der Waals surface area contributed by atoms with Gasteiger partial charge < -0.3 is 9.64 Å². The Bertz CT molecular complexity index is 251. The Balaban J connectivity index is 2.50. The highest BCUT2D eigenvalue weighted by molar-refractivity contribution is 5.68. The van der Waals surface area contributed by atoms with Crippen molar-refractivity contribution < 1.29 is 18.3 Å². The fraction of sp³-hybridized carbons (Fsp3) is 0.909. The van der Waals surface area contributed by atoms with E-state index in [1.807, 2.05) is 0 Å². The second kappa shape index (κ2) is 4.97. The van der Waals surface area contributed by atoms with E-state index in [2.05, 4.69) is 0 Å². The van der Waals surface area contributed by atoms with Gasteiger partial charge in [-0.3, -0.25) is 0 Å². The lowest BCUT2D eigenvalue weighted by Crippen LogP contribution is -2.44. The summed E-state index contributed by atoms with van der Waals surface area (Å²) >= 11 is 0. The molecule has 1 saturated heterocycles. The lowest BCUT2D eigenvalue weighted by molar-refractivity contribution is -0.00445. The van der Waals surface area contributed by atoms with Gasteiger partial charge in [0.1, 0.15) is 5.60 Å². The molecule has 1 aliphatic heterocycles. The zero-order valence-corrected chi connectivity index (χ0v) is 10.0. The van der Waals surface area contributed by atoms with E-state index in [4.69, 9.17) is 4.74 Å². The predicted octanol–water partition coefficient (Wildman–Crippen LogP) is 2.90. The Kier molecular flexibility index (Phi) is 4.10. The monoisotopic (exact) mass is 235 g/mol. The molecule has 0 saturated carbocycles. The highest BCUT2D eigenvalue weighted by Gasteiger charge is 2.31. The van der Waals surface area contributed by atoms with Crippen molar-refractivity contribution in [2.24, 2.45) is 5.92 Å². The number of carbonyl (C=O) groups excluding carboxylic acids is 1. The van der Waals surface area contributed by atoms with Gasteiger partial charge in [0.25, 0.3) is 0 Å². The molecule has 0 N–H and O–H groups in total. The van der Waals surface area contributed by atoms with E-state index in [1.54, 1.807) is 20.8 Å². The number of hydrogen-bond acceptors (Lipinski definition) is 2. The van der Waals surface area contributed by atoms with Gasteiger partial charge in [0.2, 0.25) is 6.43 Å². The van der Waals surface area contributed by atoms with Crippen molar-refractivity contribution >= 4 is 6.09 Å². The summed E-state index contributed by atoms with van der Waals surface area (Å²) < 4.78 is 30.2. The SMILES string of the molecule is CC(C)(C)OC(=O)N1CCCC(C(F)F)C1. The van der Waals surface area contributed by atoms with Crippen molar-refractivity contribution in [1.82, 2.24) is 4.90 Å². The number of piperidine rings is 1. The number of nitrogens with zero attached hydrogens (tertiary/aromatic N) is 1. The van der Waals surface area contributed by atoms with Crippen molar-refractivity contribution in [3.8, 4) is 0 Å². The van der Waals surface area contributed by atoms with E-state index in [0.29, 0.717) is 19.4 Å². The van der Waals surface area contributed by atoms with E-state index in [1.165, 1.54) is 4.90 Å². The number of rotatable bonds is 1. The molecule has 1 aliphatic rings. The van der Waals surface area contributed by atoms with Crippen LogP contribution >= 0.6 is 0 Å². The first-order valence-corrected chi connectivity index (χ1v) is 5.55. The fourth-order valence-corrected chi connectivity index (χ4v) is 1.71. The average Bonchev–Trinajstić information content (AvgIpc) is 2.15. The summed E-state index contributed by atoms with van der Waals surface area (Å²) in [5, 5.41) is 0.